The van der Waals surface area contributed by atoms with Gasteiger partial charge < -0.3 is 15.4 Å². The fraction of sp³-hybridized carbons (Fsp3) is 0.556. The highest BCUT2D eigenvalue weighted by atomic mass is 35.5. The van der Waals surface area contributed by atoms with Crippen LogP contribution in [0.15, 0.2) is 0 Å². The van der Waals surface area contributed by atoms with Gasteiger partial charge in [-0.15, -0.1) is 0 Å². The maximum absolute atomic E-state index is 14.0. The molecule has 8 heteroatoms. The first-order valence-corrected chi connectivity index (χ1v) is 5.62. The highest BCUT2D eigenvalue weighted by Gasteiger charge is 2.29. The van der Waals surface area contributed by atoms with Crippen molar-refractivity contribution in [3.8, 4) is 0 Å². The Bertz CT molecular complexity index is 419. The first kappa shape index (κ1) is 12.3. The number of aliphatic hydroxyl groups is 1. The van der Waals surface area contributed by atoms with E-state index in [9.17, 15) is 9.50 Å². The Hall–Kier alpha value is -1.18. The van der Waals surface area contributed by atoms with Crippen molar-refractivity contribution in [2.45, 2.75) is 18.9 Å². The maximum atomic E-state index is 14.0. The summed E-state index contributed by atoms with van der Waals surface area (Å²) in [4.78, 5) is 9.17. The van der Waals surface area contributed by atoms with Crippen LogP contribution < -0.4 is 16.2 Å². The Labute approximate surface area is 103 Å². The zero-order chi connectivity index (χ0) is 12.4. The van der Waals surface area contributed by atoms with Gasteiger partial charge in [0.05, 0.1) is 12.6 Å². The van der Waals surface area contributed by atoms with Crippen molar-refractivity contribution in [1.82, 2.24) is 9.97 Å². The highest BCUT2D eigenvalue weighted by molar-refractivity contribution is 6.28. The van der Waals surface area contributed by atoms with Gasteiger partial charge in [0.2, 0.25) is 11.1 Å². The fourth-order valence-corrected chi connectivity index (χ4v) is 2.16. The molecule has 4 N–H and O–H groups in total. The Morgan fingerprint density at radius 1 is 1.59 bits per heavy atom. The number of nitrogens with one attached hydrogen (secondary N) is 1. The third kappa shape index (κ3) is 2.26. The van der Waals surface area contributed by atoms with Crippen LogP contribution in [0, 0.1) is 5.82 Å². The number of anilines is 2. The van der Waals surface area contributed by atoms with E-state index in [1.807, 2.05) is 0 Å². The second-order valence-corrected chi connectivity index (χ2v) is 4.13. The zero-order valence-corrected chi connectivity index (χ0v) is 9.78. The van der Waals surface area contributed by atoms with Gasteiger partial charge in [0.25, 0.3) is 0 Å². The van der Waals surface area contributed by atoms with E-state index in [0.717, 1.165) is 12.8 Å². The van der Waals surface area contributed by atoms with Crippen LogP contribution >= 0.6 is 11.6 Å². The second kappa shape index (κ2) is 4.99. The molecule has 0 amide bonds. The van der Waals surface area contributed by atoms with Gasteiger partial charge in [-0.25, -0.2) is 5.84 Å². The molecule has 1 aliphatic rings. The number of nitrogens with two attached hydrogens (primary N) is 1. The average Bonchev–Trinajstić information content (AvgIpc) is 2.79. The van der Waals surface area contributed by atoms with E-state index >= 15 is 0 Å². The molecule has 6 nitrogen and oxygen atoms in total. The molecule has 2 heterocycles. The number of aromatic nitrogens is 2. The minimum absolute atomic E-state index is 0.0492. The summed E-state index contributed by atoms with van der Waals surface area (Å²) >= 11 is 5.70. The molecular formula is C9H13ClFN5O. The van der Waals surface area contributed by atoms with Crippen molar-refractivity contribution in [2.75, 3.05) is 23.5 Å². The van der Waals surface area contributed by atoms with Gasteiger partial charge in [0.1, 0.15) is 0 Å². The van der Waals surface area contributed by atoms with E-state index in [1.54, 1.807) is 4.90 Å². The Kier molecular flexibility index (Phi) is 3.60. The van der Waals surface area contributed by atoms with Gasteiger partial charge in [-0.3, -0.25) is 0 Å². The van der Waals surface area contributed by atoms with Gasteiger partial charge in [-0.05, 0) is 24.4 Å². The lowest BCUT2D eigenvalue weighted by atomic mass is 10.2. The molecule has 0 radical (unpaired) electrons. The molecule has 1 atom stereocenters. The summed E-state index contributed by atoms with van der Waals surface area (Å²) in [7, 11) is 0. The number of hydrazine groups is 1. The van der Waals surface area contributed by atoms with Crippen LogP contribution in [0.5, 0.6) is 0 Å². The summed E-state index contributed by atoms with van der Waals surface area (Å²) < 4.78 is 14.0. The lowest BCUT2D eigenvalue weighted by molar-refractivity contribution is 0.265. The predicted octanol–water partition coefficient (Wildman–Crippen LogP) is 0.516. The summed E-state index contributed by atoms with van der Waals surface area (Å²) in [5.41, 5.74) is 2.13. The second-order valence-electron chi connectivity index (χ2n) is 3.80. The van der Waals surface area contributed by atoms with Gasteiger partial charge in [-0.1, -0.05) is 0 Å². The van der Waals surface area contributed by atoms with E-state index in [-0.39, 0.29) is 29.6 Å². The van der Waals surface area contributed by atoms with E-state index in [0.29, 0.717) is 6.54 Å². The smallest absolute Gasteiger partial charge is 0.226 e. The van der Waals surface area contributed by atoms with E-state index in [2.05, 4.69) is 15.4 Å². The molecule has 0 spiro atoms. The van der Waals surface area contributed by atoms with Crippen LogP contribution in [0.3, 0.4) is 0 Å². The van der Waals surface area contributed by atoms with Crippen molar-refractivity contribution in [3.05, 3.63) is 11.1 Å². The molecule has 17 heavy (non-hydrogen) atoms. The first-order valence-electron chi connectivity index (χ1n) is 5.24. The van der Waals surface area contributed by atoms with Crippen LogP contribution in [0.2, 0.25) is 5.28 Å². The molecule has 2 rings (SSSR count). The molecular weight excluding hydrogens is 249 g/mol. The number of nitrogens with zero attached hydrogens (tertiary/aromatic N) is 3. The third-order valence-electron chi connectivity index (χ3n) is 2.80. The monoisotopic (exact) mass is 261 g/mol. The zero-order valence-electron chi connectivity index (χ0n) is 9.03. The van der Waals surface area contributed by atoms with Crippen molar-refractivity contribution in [2.24, 2.45) is 5.84 Å². The first-order chi connectivity index (χ1) is 8.17. The van der Waals surface area contributed by atoms with Gasteiger partial charge in [0, 0.05) is 6.54 Å². The number of hydrogen-bond donors (Lipinski definition) is 3. The van der Waals surface area contributed by atoms with E-state index < -0.39 is 5.82 Å². The normalized spacial score (nSPS) is 19.8. The van der Waals surface area contributed by atoms with Crippen LogP contribution in [-0.2, 0) is 0 Å². The van der Waals surface area contributed by atoms with Crippen molar-refractivity contribution < 1.29 is 9.50 Å². The molecule has 0 saturated carbocycles. The van der Waals surface area contributed by atoms with Crippen LogP contribution in [0.4, 0.5) is 16.0 Å². The Morgan fingerprint density at radius 2 is 2.35 bits per heavy atom. The molecule has 1 aromatic heterocycles. The molecule has 1 aliphatic heterocycles. The van der Waals surface area contributed by atoms with Crippen LogP contribution in [0.1, 0.15) is 12.8 Å². The van der Waals surface area contributed by atoms with E-state index in [1.165, 1.54) is 0 Å². The molecule has 1 fully saturated rings. The molecule has 94 valence electrons. The van der Waals surface area contributed by atoms with Crippen molar-refractivity contribution >= 4 is 23.2 Å². The largest absolute Gasteiger partial charge is 0.394 e. The van der Waals surface area contributed by atoms with Gasteiger partial charge in [0.15, 0.2) is 11.6 Å². The highest BCUT2D eigenvalue weighted by Crippen LogP contribution is 2.29. The number of halogens is 2. The lowest BCUT2D eigenvalue weighted by Crippen LogP contribution is -2.34. The average molecular weight is 262 g/mol. The fourth-order valence-electron chi connectivity index (χ4n) is 2.00. The minimum Gasteiger partial charge on any atom is -0.394 e. The standard InChI is InChI=1S/C9H13ClFN5O/c10-9-13-7(15-12)6(11)8(14-9)16-3-1-2-5(16)4-17/h5,17H,1-4,12H2,(H,13,14,15)/t5-/m0/s1. The predicted molar refractivity (Wildman–Crippen MR) is 62.3 cm³/mol. The summed E-state index contributed by atoms with van der Waals surface area (Å²) in [6, 6.07) is -0.138. The van der Waals surface area contributed by atoms with Crippen LogP contribution in [0.25, 0.3) is 0 Å². The SMILES string of the molecule is NNc1nc(Cl)nc(N2CCC[C@H]2CO)c1F. The summed E-state index contributed by atoms with van der Waals surface area (Å²) in [5, 5.41) is 9.12. The number of rotatable bonds is 3. The Morgan fingerprint density at radius 3 is 3.00 bits per heavy atom. The number of nitrogen functional groups attached to an aromatic ring is 1. The van der Waals surface area contributed by atoms with Crippen molar-refractivity contribution in [3.63, 3.8) is 0 Å². The lowest BCUT2D eigenvalue weighted by Gasteiger charge is -2.24. The van der Waals surface area contributed by atoms with E-state index in [4.69, 9.17) is 17.4 Å². The summed E-state index contributed by atoms with van der Waals surface area (Å²) in [5.74, 6) is 4.42. The van der Waals surface area contributed by atoms with Gasteiger partial charge in [-0.2, -0.15) is 14.4 Å². The molecule has 0 unspecified atom stereocenters. The minimum atomic E-state index is -0.655. The maximum Gasteiger partial charge on any atom is 0.226 e. The number of aliphatic hydroxyl groups excluding tert-OH is 1. The quantitative estimate of drug-likeness (QED) is 0.418. The van der Waals surface area contributed by atoms with Crippen molar-refractivity contribution in [1.29, 1.82) is 0 Å². The number of hydrogen-bond acceptors (Lipinski definition) is 6. The summed E-state index contributed by atoms with van der Waals surface area (Å²) in [6.07, 6.45) is 1.67. The molecule has 0 bridgehead atoms. The Balaban J connectivity index is 2.40. The van der Waals surface area contributed by atoms with Crippen LogP contribution in [-0.4, -0.2) is 34.3 Å². The molecule has 1 aromatic rings. The summed E-state index contributed by atoms with van der Waals surface area (Å²) in [6.45, 7) is 0.575. The topological polar surface area (TPSA) is 87.3 Å². The van der Waals surface area contributed by atoms with Gasteiger partial charge >= 0.3 is 0 Å². The molecule has 0 aromatic carbocycles. The molecule has 0 aliphatic carbocycles. The third-order valence-corrected chi connectivity index (χ3v) is 2.97. The molecule has 1 saturated heterocycles.